The molecular weight excluding hydrogens is 259 g/mol. The first-order valence-corrected chi connectivity index (χ1v) is 5.39. The van der Waals surface area contributed by atoms with Crippen LogP contribution in [0.5, 0.6) is 5.75 Å². The van der Waals surface area contributed by atoms with E-state index < -0.39 is 18.2 Å². The normalized spacial score (nSPS) is 10.5. The summed E-state index contributed by atoms with van der Waals surface area (Å²) in [6.45, 7) is -2.77. The van der Waals surface area contributed by atoms with Gasteiger partial charge in [0.05, 0.1) is 0 Å². The van der Waals surface area contributed by atoms with E-state index in [1.165, 1.54) is 6.07 Å². The van der Waals surface area contributed by atoms with Gasteiger partial charge >= 0.3 is 6.61 Å². The second-order valence-corrected chi connectivity index (χ2v) is 3.57. The molecule has 2 aromatic rings. The smallest absolute Gasteiger partial charge is 0.387 e. The van der Waals surface area contributed by atoms with Gasteiger partial charge in [0.1, 0.15) is 0 Å². The maximum atomic E-state index is 13.4. The van der Waals surface area contributed by atoms with Gasteiger partial charge in [0.25, 0.3) is 0 Å². The van der Waals surface area contributed by atoms with Crippen LogP contribution in [0.1, 0.15) is 5.56 Å². The molecule has 100 valence electrons. The van der Waals surface area contributed by atoms with Crippen molar-refractivity contribution in [1.29, 1.82) is 0 Å². The van der Waals surface area contributed by atoms with Crippen molar-refractivity contribution in [2.45, 2.75) is 13.2 Å². The van der Waals surface area contributed by atoms with Gasteiger partial charge < -0.3 is 10.1 Å². The number of rotatable bonds is 5. The van der Waals surface area contributed by atoms with E-state index in [4.69, 9.17) is 0 Å². The fourth-order valence-corrected chi connectivity index (χ4v) is 1.42. The summed E-state index contributed by atoms with van der Waals surface area (Å²) < 4.78 is 41.3. The maximum absolute atomic E-state index is 13.4. The Balaban J connectivity index is 2.00. The molecule has 1 aromatic carbocycles. The molecule has 7 heteroatoms. The first kappa shape index (κ1) is 13.1. The molecule has 0 atom stereocenters. The van der Waals surface area contributed by atoms with Crippen molar-refractivity contribution in [2.75, 3.05) is 5.32 Å². The predicted molar refractivity (Wildman–Crippen MR) is 62.4 cm³/mol. The van der Waals surface area contributed by atoms with Crippen LogP contribution in [0.15, 0.2) is 36.7 Å². The highest BCUT2D eigenvalue weighted by molar-refractivity contribution is 5.32. The van der Waals surface area contributed by atoms with Crippen molar-refractivity contribution in [3.63, 3.8) is 0 Å². The number of nitrogens with zero attached hydrogens (tertiary/aromatic N) is 2. The fraction of sp³-hybridized carbons (Fsp3) is 0.167. The van der Waals surface area contributed by atoms with Crippen molar-refractivity contribution in [2.24, 2.45) is 0 Å². The monoisotopic (exact) mass is 269 g/mol. The SMILES string of the molecule is Fc1cc(CNc2ncccn2)ccc1OC(F)F. The highest BCUT2D eigenvalue weighted by atomic mass is 19.3. The molecule has 0 aliphatic carbocycles. The van der Waals surface area contributed by atoms with E-state index in [1.54, 1.807) is 18.5 Å². The van der Waals surface area contributed by atoms with Gasteiger partial charge in [-0.15, -0.1) is 0 Å². The van der Waals surface area contributed by atoms with E-state index >= 15 is 0 Å². The first-order valence-electron chi connectivity index (χ1n) is 5.39. The lowest BCUT2D eigenvalue weighted by atomic mass is 10.2. The van der Waals surface area contributed by atoms with Crippen LogP contribution in [-0.4, -0.2) is 16.6 Å². The van der Waals surface area contributed by atoms with Gasteiger partial charge in [-0.05, 0) is 23.8 Å². The summed E-state index contributed by atoms with van der Waals surface area (Å²) in [6.07, 6.45) is 3.13. The molecule has 19 heavy (non-hydrogen) atoms. The van der Waals surface area contributed by atoms with Crippen LogP contribution in [0.3, 0.4) is 0 Å². The number of ether oxygens (including phenoxy) is 1. The topological polar surface area (TPSA) is 47.0 Å². The van der Waals surface area contributed by atoms with Crippen LogP contribution in [0.2, 0.25) is 0 Å². The molecule has 0 spiro atoms. The Hall–Kier alpha value is -2.31. The summed E-state index contributed by atoms with van der Waals surface area (Å²) in [5.41, 5.74) is 0.562. The number of hydrogen-bond acceptors (Lipinski definition) is 4. The van der Waals surface area contributed by atoms with Crippen LogP contribution < -0.4 is 10.1 Å². The lowest BCUT2D eigenvalue weighted by Crippen LogP contribution is -2.06. The van der Waals surface area contributed by atoms with Crippen LogP contribution in [0.25, 0.3) is 0 Å². The standard InChI is InChI=1S/C12H10F3N3O/c13-9-6-8(2-3-10(9)19-11(14)15)7-18-12-16-4-1-5-17-12/h1-6,11H,7H2,(H,16,17,18). The average Bonchev–Trinajstić information content (AvgIpc) is 2.40. The molecule has 0 bridgehead atoms. The zero-order valence-corrected chi connectivity index (χ0v) is 9.69. The molecule has 2 rings (SSSR count). The summed E-state index contributed by atoms with van der Waals surface area (Å²) in [4.78, 5) is 7.87. The van der Waals surface area contributed by atoms with Crippen molar-refractivity contribution in [3.8, 4) is 5.75 Å². The Bertz CT molecular complexity index is 537. The van der Waals surface area contributed by atoms with Gasteiger partial charge in [-0.3, -0.25) is 0 Å². The highest BCUT2D eigenvalue weighted by Gasteiger charge is 2.10. The third kappa shape index (κ3) is 3.84. The van der Waals surface area contributed by atoms with Crippen molar-refractivity contribution < 1.29 is 17.9 Å². The molecule has 0 unspecified atom stereocenters. The zero-order chi connectivity index (χ0) is 13.7. The molecule has 0 aliphatic heterocycles. The average molecular weight is 269 g/mol. The predicted octanol–water partition coefficient (Wildman–Crippen LogP) is 2.83. The summed E-state index contributed by atoms with van der Waals surface area (Å²) >= 11 is 0. The first-order chi connectivity index (χ1) is 9.15. The zero-order valence-electron chi connectivity index (χ0n) is 9.69. The second kappa shape index (κ2) is 6.03. The Morgan fingerprint density at radius 1 is 1.21 bits per heavy atom. The van der Waals surface area contributed by atoms with Gasteiger partial charge in [-0.2, -0.15) is 8.78 Å². The lowest BCUT2D eigenvalue weighted by Gasteiger charge is -2.08. The van der Waals surface area contributed by atoms with Gasteiger partial charge in [0, 0.05) is 18.9 Å². The van der Waals surface area contributed by atoms with E-state index in [2.05, 4.69) is 20.0 Å². The second-order valence-electron chi connectivity index (χ2n) is 3.57. The molecule has 1 N–H and O–H groups in total. The number of halogens is 3. The van der Waals surface area contributed by atoms with Crippen LogP contribution in [0, 0.1) is 5.82 Å². The molecule has 0 radical (unpaired) electrons. The summed E-state index contributed by atoms with van der Waals surface area (Å²) in [6, 6.07) is 5.43. The Morgan fingerprint density at radius 3 is 2.58 bits per heavy atom. The number of alkyl halides is 2. The van der Waals surface area contributed by atoms with Gasteiger partial charge in [-0.25, -0.2) is 14.4 Å². The lowest BCUT2D eigenvalue weighted by molar-refractivity contribution is -0.0522. The summed E-state index contributed by atoms with van der Waals surface area (Å²) in [5, 5.41) is 2.87. The Kier molecular flexibility index (Phi) is 4.17. The van der Waals surface area contributed by atoms with E-state index in [1.807, 2.05) is 0 Å². The minimum atomic E-state index is -3.05. The number of hydrogen-bond donors (Lipinski definition) is 1. The maximum Gasteiger partial charge on any atom is 0.387 e. The minimum Gasteiger partial charge on any atom is -0.432 e. The molecule has 0 amide bonds. The van der Waals surface area contributed by atoms with E-state index in [9.17, 15) is 13.2 Å². The third-order valence-electron chi connectivity index (χ3n) is 2.23. The number of anilines is 1. The molecule has 4 nitrogen and oxygen atoms in total. The van der Waals surface area contributed by atoms with Gasteiger partial charge in [0.2, 0.25) is 5.95 Å². The van der Waals surface area contributed by atoms with Crippen LogP contribution in [0.4, 0.5) is 19.1 Å². The molecule has 1 heterocycles. The third-order valence-corrected chi connectivity index (χ3v) is 2.23. The van der Waals surface area contributed by atoms with E-state index in [0.29, 0.717) is 11.5 Å². The number of aromatic nitrogens is 2. The Labute approximate surface area is 107 Å². The van der Waals surface area contributed by atoms with Crippen molar-refractivity contribution >= 4 is 5.95 Å². The molecule has 0 saturated heterocycles. The molecule has 1 aromatic heterocycles. The molecule has 0 fully saturated rings. The minimum absolute atomic E-state index is 0.274. The van der Waals surface area contributed by atoms with Gasteiger partial charge in [-0.1, -0.05) is 6.07 Å². The largest absolute Gasteiger partial charge is 0.432 e. The van der Waals surface area contributed by atoms with E-state index in [0.717, 1.165) is 12.1 Å². The quantitative estimate of drug-likeness (QED) is 0.906. The fourth-order valence-electron chi connectivity index (χ4n) is 1.42. The number of benzene rings is 1. The van der Waals surface area contributed by atoms with Crippen molar-refractivity contribution in [1.82, 2.24) is 9.97 Å². The number of nitrogens with one attached hydrogen (secondary N) is 1. The van der Waals surface area contributed by atoms with Gasteiger partial charge in [0.15, 0.2) is 11.6 Å². The molecule has 0 saturated carbocycles. The molecule has 0 aliphatic rings. The van der Waals surface area contributed by atoms with E-state index in [-0.39, 0.29) is 6.54 Å². The molecular formula is C12H10F3N3O. The van der Waals surface area contributed by atoms with Crippen LogP contribution in [-0.2, 0) is 6.54 Å². The van der Waals surface area contributed by atoms with Crippen molar-refractivity contribution in [3.05, 3.63) is 48.0 Å². The van der Waals surface area contributed by atoms with Crippen LogP contribution >= 0.6 is 0 Å². The Morgan fingerprint density at radius 2 is 1.95 bits per heavy atom. The summed E-state index contributed by atoms with van der Waals surface area (Å²) in [5.74, 6) is -0.917. The summed E-state index contributed by atoms with van der Waals surface area (Å²) in [7, 11) is 0. The highest BCUT2D eigenvalue weighted by Crippen LogP contribution is 2.20.